The summed E-state index contributed by atoms with van der Waals surface area (Å²) in [5, 5.41) is 16.0. The Balaban J connectivity index is 2.29. The van der Waals surface area contributed by atoms with Crippen molar-refractivity contribution in [1.82, 2.24) is 14.9 Å². The minimum absolute atomic E-state index is 0.101. The summed E-state index contributed by atoms with van der Waals surface area (Å²) in [5.74, 6) is 0.101. The van der Waals surface area contributed by atoms with Gasteiger partial charge in [0.15, 0.2) is 0 Å². The van der Waals surface area contributed by atoms with Crippen LogP contribution in [0, 0.1) is 13.8 Å². The standard InChI is InChI=1S/C13H17N3O3S/c1-8(11-5-4-6-12(17)7-11)16-20(18,19)13-9(2)14-15-10(13)3/h4-8,16-17H,1-3H3,(H,14,15). The lowest BCUT2D eigenvalue weighted by Crippen LogP contribution is -2.27. The topological polar surface area (TPSA) is 95.1 Å². The summed E-state index contributed by atoms with van der Waals surface area (Å²) < 4.78 is 27.3. The van der Waals surface area contributed by atoms with Crippen LogP contribution >= 0.6 is 0 Å². The summed E-state index contributed by atoms with van der Waals surface area (Å²) in [6, 6.07) is 6.03. The molecule has 108 valence electrons. The average molecular weight is 295 g/mol. The molecule has 0 aliphatic rings. The fourth-order valence-corrected chi connectivity index (χ4v) is 3.69. The van der Waals surface area contributed by atoms with Crippen molar-refractivity contribution in [1.29, 1.82) is 0 Å². The summed E-state index contributed by atoms with van der Waals surface area (Å²) in [5.41, 5.74) is 1.61. The molecule has 2 rings (SSSR count). The molecule has 6 nitrogen and oxygen atoms in total. The summed E-state index contributed by atoms with van der Waals surface area (Å²) in [7, 11) is -3.66. The number of nitrogens with one attached hydrogen (secondary N) is 2. The molecule has 0 aliphatic carbocycles. The van der Waals surface area contributed by atoms with Gasteiger partial charge in [0.05, 0.1) is 11.4 Å². The summed E-state index contributed by atoms with van der Waals surface area (Å²) in [4.78, 5) is 0.171. The molecule has 2 aromatic rings. The van der Waals surface area contributed by atoms with E-state index in [2.05, 4.69) is 14.9 Å². The number of rotatable bonds is 4. The van der Waals surface area contributed by atoms with E-state index in [1.165, 1.54) is 12.1 Å². The first-order valence-electron chi connectivity index (χ1n) is 6.14. The number of hydrogen-bond donors (Lipinski definition) is 3. The average Bonchev–Trinajstić information content (AvgIpc) is 2.69. The quantitative estimate of drug-likeness (QED) is 0.801. The molecule has 0 saturated heterocycles. The van der Waals surface area contributed by atoms with Gasteiger partial charge in [0.2, 0.25) is 10.0 Å². The molecule has 7 heteroatoms. The predicted octanol–water partition coefficient (Wildman–Crippen LogP) is 1.77. The Labute approximate surface area is 117 Å². The normalized spacial score (nSPS) is 13.3. The maximum Gasteiger partial charge on any atom is 0.244 e. The van der Waals surface area contributed by atoms with Gasteiger partial charge in [0.25, 0.3) is 0 Å². The third kappa shape index (κ3) is 2.83. The monoisotopic (exact) mass is 295 g/mol. The van der Waals surface area contributed by atoms with Crippen LogP contribution in [0.25, 0.3) is 0 Å². The minimum Gasteiger partial charge on any atom is -0.508 e. The van der Waals surface area contributed by atoms with E-state index in [0.29, 0.717) is 17.0 Å². The number of phenolic OH excluding ortho intramolecular Hbond substituents is 1. The van der Waals surface area contributed by atoms with Crippen LogP contribution in [-0.4, -0.2) is 23.7 Å². The molecule has 0 bridgehead atoms. The second kappa shape index (κ2) is 5.26. The lowest BCUT2D eigenvalue weighted by molar-refractivity contribution is 0.473. The number of aryl methyl sites for hydroxylation is 2. The number of aromatic hydroxyl groups is 1. The Hall–Kier alpha value is -1.86. The van der Waals surface area contributed by atoms with Gasteiger partial charge in [-0.05, 0) is 38.5 Å². The number of H-pyrrole nitrogens is 1. The van der Waals surface area contributed by atoms with Crippen molar-refractivity contribution >= 4 is 10.0 Å². The lowest BCUT2D eigenvalue weighted by Gasteiger charge is -2.15. The van der Waals surface area contributed by atoms with Crippen LogP contribution < -0.4 is 4.72 Å². The largest absolute Gasteiger partial charge is 0.508 e. The number of aromatic nitrogens is 2. The number of sulfonamides is 1. The van der Waals surface area contributed by atoms with Crippen molar-refractivity contribution < 1.29 is 13.5 Å². The highest BCUT2D eigenvalue weighted by molar-refractivity contribution is 7.89. The molecule has 0 spiro atoms. The first-order valence-corrected chi connectivity index (χ1v) is 7.62. The molecule has 3 N–H and O–H groups in total. The summed E-state index contributed by atoms with van der Waals surface area (Å²) in [6.45, 7) is 5.02. The minimum atomic E-state index is -3.66. The second-order valence-electron chi connectivity index (χ2n) is 4.70. The first-order chi connectivity index (χ1) is 9.31. The Bertz CT molecular complexity index is 703. The highest BCUT2D eigenvalue weighted by atomic mass is 32.2. The van der Waals surface area contributed by atoms with Crippen LogP contribution in [0.1, 0.15) is 29.9 Å². The van der Waals surface area contributed by atoms with Gasteiger partial charge in [0, 0.05) is 6.04 Å². The molecule has 0 aliphatic heterocycles. The van der Waals surface area contributed by atoms with E-state index in [-0.39, 0.29) is 10.6 Å². The number of nitrogens with zero attached hydrogens (tertiary/aromatic N) is 1. The molecule has 1 aromatic carbocycles. The first kappa shape index (κ1) is 14.5. The third-order valence-electron chi connectivity index (χ3n) is 3.03. The smallest absolute Gasteiger partial charge is 0.244 e. The number of hydrogen-bond acceptors (Lipinski definition) is 4. The van der Waals surface area contributed by atoms with Gasteiger partial charge in [-0.15, -0.1) is 0 Å². The molecular formula is C13H17N3O3S. The highest BCUT2D eigenvalue weighted by Gasteiger charge is 2.24. The molecule has 20 heavy (non-hydrogen) atoms. The second-order valence-corrected chi connectivity index (χ2v) is 6.35. The Morgan fingerprint density at radius 3 is 2.60 bits per heavy atom. The van der Waals surface area contributed by atoms with Crippen molar-refractivity contribution in [3.05, 3.63) is 41.2 Å². The SMILES string of the molecule is Cc1n[nH]c(C)c1S(=O)(=O)NC(C)c1cccc(O)c1. The lowest BCUT2D eigenvalue weighted by atomic mass is 10.1. The van der Waals surface area contributed by atoms with Crippen molar-refractivity contribution in [2.45, 2.75) is 31.7 Å². The van der Waals surface area contributed by atoms with Crippen LogP contribution in [0.3, 0.4) is 0 Å². The number of phenols is 1. The molecule has 0 radical (unpaired) electrons. The van der Waals surface area contributed by atoms with Crippen LogP contribution in [0.15, 0.2) is 29.2 Å². The zero-order chi connectivity index (χ0) is 14.9. The van der Waals surface area contributed by atoms with Crippen LogP contribution in [-0.2, 0) is 10.0 Å². The molecule has 1 aromatic heterocycles. The maximum atomic E-state index is 12.4. The van der Waals surface area contributed by atoms with E-state index in [1.807, 2.05) is 0 Å². The Morgan fingerprint density at radius 1 is 1.35 bits per heavy atom. The van der Waals surface area contributed by atoms with Gasteiger partial charge < -0.3 is 5.11 Å². The van der Waals surface area contributed by atoms with Crippen LogP contribution in [0.4, 0.5) is 0 Å². The van der Waals surface area contributed by atoms with Crippen molar-refractivity contribution in [3.8, 4) is 5.75 Å². The Kier molecular flexibility index (Phi) is 3.82. The number of aromatic amines is 1. The van der Waals surface area contributed by atoms with E-state index in [1.54, 1.807) is 32.9 Å². The van der Waals surface area contributed by atoms with E-state index >= 15 is 0 Å². The number of benzene rings is 1. The van der Waals surface area contributed by atoms with Crippen molar-refractivity contribution in [2.24, 2.45) is 0 Å². The van der Waals surface area contributed by atoms with Gasteiger partial charge in [-0.3, -0.25) is 5.10 Å². The van der Waals surface area contributed by atoms with E-state index < -0.39 is 16.1 Å². The van der Waals surface area contributed by atoms with E-state index in [9.17, 15) is 13.5 Å². The van der Waals surface area contributed by atoms with E-state index in [0.717, 1.165) is 0 Å². The Morgan fingerprint density at radius 2 is 2.05 bits per heavy atom. The summed E-state index contributed by atoms with van der Waals surface area (Å²) in [6.07, 6.45) is 0. The molecule has 0 saturated carbocycles. The molecule has 0 fully saturated rings. The molecule has 1 heterocycles. The zero-order valence-electron chi connectivity index (χ0n) is 11.5. The maximum absolute atomic E-state index is 12.4. The van der Waals surface area contributed by atoms with Crippen molar-refractivity contribution in [3.63, 3.8) is 0 Å². The van der Waals surface area contributed by atoms with Gasteiger partial charge in [0.1, 0.15) is 10.6 Å². The predicted molar refractivity (Wildman–Crippen MR) is 74.9 cm³/mol. The fraction of sp³-hybridized carbons (Fsp3) is 0.308. The highest BCUT2D eigenvalue weighted by Crippen LogP contribution is 2.22. The van der Waals surface area contributed by atoms with Gasteiger partial charge in [-0.1, -0.05) is 12.1 Å². The van der Waals surface area contributed by atoms with E-state index in [4.69, 9.17) is 0 Å². The summed E-state index contributed by atoms with van der Waals surface area (Å²) >= 11 is 0. The van der Waals surface area contributed by atoms with Gasteiger partial charge >= 0.3 is 0 Å². The van der Waals surface area contributed by atoms with Crippen molar-refractivity contribution in [2.75, 3.05) is 0 Å². The molecule has 1 atom stereocenters. The third-order valence-corrected chi connectivity index (χ3v) is 4.83. The zero-order valence-corrected chi connectivity index (χ0v) is 12.3. The van der Waals surface area contributed by atoms with Gasteiger partial charge in [-0.2, -0.15) is 5.10 Å². The molecular weight excluding hydrogens is 278 g/mol. The molecule has 0 amide bonds. The van der Waals surface area contributed by atoms with Crippen LogP contribution in [0.2, 0.25) is 0 Å². The molecule has 1 unspecified atom stereocenters. The van der Waals surface area contributed by atoms with Gasteiger partial charge in [-0.25, -0.2) is 13.1 Å². The van der Waals surface area contributed by atoms with Crippen LogP contribution in [0.5, 0.6) is 5.75 Å². The fourth-order valence-electron chi connectivity index (χ4n) is 2.09.